The Morgan fingerprint density at radius 3 is 2.42 bits per heavy atom. The van der Waals surface area contributed by atoms with E-state index in [1.165, 1.54) is 17.0 Å². The minimum absolute atomic E-state index is 0.0511. The van der Waals surface area contributed by atoms with E-state index in [-0.39, 0.29) is 16.7 Å². The molecule has 0 unspecified atom stereocenters. The Labute approximate surface area is 184 Å². The van der Waals surface area contributed by atoms with Gasteiger partial charge in [0.15, 0.2) is 5.84 Å². The van der Waals surface area contributed by atoms with Crippen molar-refractivity contribution in [2.45, 2.75) is 6.92 Å². The number of benzene rings is 3. The topological polar surface area (TPSA) is 82.4 Å². The number of aliphatic imine (C=N–C) groups is 1. The number of hydrogen-bond acceptors (Lipinski definition) is 6. The van der Waals surface area contributed by atoms with Crippen molar-refractivity contribution in [1.82, 2.24) is 0 Å². The third-order valence-electron chi connectivity index (χ3n) is 4.68. The lowest BCUT2D eigenvalue weighted by Gasteiger charge is -2.16. The van der Waals surface area contributed by atoms with Gasteiger partial charge in [0.1, 0.15) is 17.2 Å². The lowest BCUT2D eigenvalue weighted by Crippen LogP contribution is -2.27. The summed E-state index contributed by atoms with van der Waals surface area (Å²) in [5.41, 5.74) is 2.88. The average Bonchev–Trinajstić information content (AvgIpc) is 3.02. The molecule has 0 aliphatic carbocycles. The van der Waals surface area contributed by atoms with E-state index < -0.39 is 0 Å². The van der Waals surface area contributed by atoms with Crippen molar-refractivity contribution in [3.8, 4) is 17.2 Å². The number of phenols is 2. The maximum Gasteiger partial charge on any atom is 0.296 e. The SMILES string of the molecule is COc1ccc(C=C2SC(=O)N(c3cccc(O)c3)C2=Nc2cccc(O)c2)cc1C. The van der Waals surface area contributed by atoms with Gasteiger partial charge in [0.05, 0.1) is 23.4 Å². The van der Waals surface area contributed by atoms with Crippen LogP contribution in [0.2, 0.25) is 0 Å². The smallest absolute Gasteiger partial charge is 0.296 e. The average molecular weight is 433 g/mol. The van der Waals surface area contributed by atoms with Crippen LogP contribution in [-0.2, 0) is 0 Å². The maximum atomic E-state index is 12.9. The minimum Gasteiger partial charge on any atom is -0.508 e. The molecule has 0 saturated carbocycles. The van der Waals surface area contributed by atoms with Crippen LogP contribution in [0.25, 0.3) is 6.08 Å². The zero-order valence-corrected chi connectivity index (χ0v) is 17.8. The van der Waals surface area contributed by atoms with Gasteiger partial charge in [-0.05, 0) is 72.3 Å². The number of ether oxygens (including phenoxy) is 1. The molecule has 6 nitrogen and oxygen atoms in total. The zero-order valence-electron chi connectivity index (χ0n) is 16.9. The number of amidine groups is 1. The standard InChI is InChI=1S/C24H20N2O4S/c1-15-11-16(9-10-21(15)30-2)12-22-23(25-17-5-3-7-19(27)13-17)26(24(29)31-22)18-6-4-8-20(28)14-18/h3-14,27-28H,1-2H3. The van der Waals surface area contributed by atoms with Crippen molar-refractivity contribution in [2.24, 2.45) is 4.99 Å². The van der Waals surface area contributed by atoms with Crippen LogP contribution in [0.15, 0.2) is 76.6 Å². The predicted molar refractivity (Wildman–Crippen MR) is 124 cm³/mol. The molecular weight excluding hydrogens is 412 g/mol. The molecule has 1 saturated heterocycles. The van der Waals surface area contributed by atoms with Crippen LogP contribution in [0.1, 0.15) is 11.1 Å². The molecule has 0 atom stereocenters. The first-order valence-electron chi connectivity index (χ1n) is 9.50. The van der Waals surface area contributed by atoms with Crippen LogP contribution in [0, 0.1) is 6.92 Å². The highest BCUT2D eigenvalue weighted by atomic mass is 32.2. The molecule has 156 valence electrons. The highest BCUT2D eigenvalue weighted by Crippen LogP contribution is 2.39. The van der Waals surface area contributed by atoms with E-state index >= 15 is 0 Å². The first-order valence-corrected chi connectivity index (χ1v) is 10.3. The molecule has 0 aromatic heterocycles. The van der Waals surface area contributed by atoms with Crippen molar-refractivity contribution in [2.75, 3.05) is 12.0 Å². The highest BCUT2D eigenvalue weighted by molar-refractivity contribution is 8.19. The number of nitrogens with zero attached hydrogens (tertiary/aromatic N) is 2. The first kappa shape index (κ1) is 20.6. The predicted octanol–water partition coefficient (Wildman–Crippen LogP) is 5.86. The largest absolute Gasteiger partial charge is 0.508 e. The van der Waals surface area contributed by atoms with Crippen molar-refractivity contribution in [3.05, 3.63) is 82.8 Å². The first-order chi connectivity index (χ1) is 14.9. The van der Waals surface area contributed by atoms with Crippen molar-refractivity contribution in [3.63, 3.8) is 0 Å². The van der Waals surface area contributed by atoms with Crippen LogP contribution >= 0.6 is 11.8 Å². The van der Waals surface area contributed by atoms with Crippen LogP contribution in [0.3, 0.4) is 0 Å². The molecule has 3 aromatic carbocycles. The van der Waals surface area contributed by atoms with Crippen LogP contribution in [0.5, 0.6) is 17.2 Å². The number of aromatic hydroxyl groups is 2. The fourth-order valence-electron chi connectivity index (χ4n) is 3.27. The van der Waals surface area contributed by atoms with Crippen molar-refractivity contribution >= 4 is 40.3 Å². The summed E-state index contributed by atoms with van der Waals surface area (Å²) in [4.78, 5) is 19.7. The number of thioether (sulfide) groups is 1. The molecule has 1 amide bonds. The number of hydrogen-bond donors (Lipinski definition) is 2. The Balaban J connectivity index is 1.84. The minimum atomic E-state index is -0.235. The number of carbonyl (C=O) groups is 1. The van der Waals surface area contributed by atoms with E-state index in [1.54, 1.807) is 43.5 Å². The summed E-state index contributed by atoms with van der Waals surface area (Å²) in [7, 11) is 1.62. The second-order valence-corrected chi connectivity index (χ2v) is 7.91. The van der Waals surface area contributed by atoms with Gasteiger partial charge < -0.3 is 14.9 Å². The van der Waals surface area contributed by atoms with Crippen LogP contribution < -0.4 is 9.64 Å². The Hall–Kier alpha value is -3.71. The van der Waals surface area contributed by atoms with Gasteiger partial charge in [-0.3, -0.25) is 9.69 Å². The molecule has 0 bridgehead atoms. The summed E-state index contributed by atoms with van der Waals surface area (Å²) in [5.74, 6) is 1.33. The molecule has 1 aliphatic heterocycles. The summed E-state index contributed by atoms with van der Waals surface area (Å²) < 4.78 is 5.33. The number of methoxy groups -OCH3 is 1. The quantitative estimate of drug-likeness (QED) is 0.540. The molecule has 1 aliphatic rings. The second kappa shape index (κ2) is 8.57. The van der Waals surface area contributed by atoms with Gasteiger partial charge >= 0.3 is 0 Å². The Morgan fingerprint density at radius 2 is 1.74 bits per heavy atom. The van der Waals surface area contributed by atoms with E-state index in [4.69, 9.17) is 4.74 Å². The van der Waals surface area contributed by atoms with Gasteiger partial charge in [-0.15, -0.1) is 0 Å². The molecule has 0 radical (unpaired) electrons. The number of anilines is 1. The van der Waals surface area contributed by atoms with E-state index in [0.717, 1.165) is 28.6 Å². The lowest BCUT2D eigenvalue weighted by atomic mass is 10.1. The van der Waals surface area contributed by atoms with Crippen molar-refractivity contribution in [1.29, 1.82) is 0 Å². The number of aryl methyl sites for hydroxylation is 1. The van der Waals surface area contributed by atoms with E-state index in [1.807, 2.05) is 31.2 Å². The van der Waals surface area contributed by atoms with Gasteiger partial charge in [0.25, 0.3) is 5.24 Å². The Kier molecular flexibility index (Phi) is 5.68. The van der Waals surface area contributed by atoms with E-state index in [2.05, 4.69) is 4.99 Å². The lowest BCUT2D eigenvalue weighted by molar-refractivity contribution is 0.267. The molecule has 31 heavy (non-hydrogen) atoms. The molecule has 4 rings (SSSR count). The number of phenolic OH excluding ortho intramolecular Hbond substituents is 2. The Morgan fingerprint density at radius 1 is 1.00 bits per heavy atom. The number of carbonyl (C=O) groups excluding carboxylic acids is 1. The normalized spacial score (nSPS) is 16.3. The van der Waals surface area contributed by atoms with Gasteiger partial charge in [-0.2, -0.15) is 0 Å². The van der Waals surface area contributed by atoms with Crippen molar-refractivity contribution < 1.29 is 19.7 Å². The molecule has 1 fully saturated rings. The third kappa shape index (κ3) is 4.41. The van der Waals surface area contributed by atoms with Gasteiger partial charge in [-0.25, -0.2) is 4.99 Å². The fourth-order valence-corrected chi connectivity index (χ4v) is 4.16. The second-order valence-electron chi connectivity index (χ2n) is 6.92. The summed E-state index contributed by atoms with van der Waals surface area (Å²) in [6, 6.07) is 18.7. The van der Waals surface area contributed by atoms with Crippen LogP contribution in [-0.4, -0.2) is 28.4 Å². The van der Waals surface area contributed by atoms with Crippen LogP contribution in [0.4, 0.5) is 16.2 Å². The van der Waals surface area contributed by atoms with E-state index in [0.29, 0.717) is 22.1 Å². The third-order valence-corrected chi connectivity index (χ3v) is 5.56. The fraction of sp³-hybridized carbons (Fsp3) is 0.0833. The summed E-state index contributed by atoms with van der Waals surface area (Å²) in [6.07, 6.45) is 1.89. The number of amides is 1. The summed E-state index contributed by atoms with van der Waals surface area (Å²) in [5, 5.41) is 19.5. The molecule has 2 N–H and O–H groups in total. The zero-order chi connectivity index (χ0) is 22.0. The van der Waals surface area contributed by atoms with E-state index in [9.17, 15) is 15.0 Å². The summed E-state index contributed by atoms with van der Waals surface area (Å²) in [6.45, 7) is 1.95. The molecule has 1 heterocycles. The number of rotatable bonds is 4. The Bertz CT molecular complexity index is 1220. The van der Waals surface area contributed by atoms with Gasteiger partial charge in [0, 0.05) is 12.1 Å². The molecule has 0 spiro atoms. The molecular formula is C24H20N2O4S. The van der Waals surface area contributed by atoms with Gasteiger partial charge in [-0.1, -0.05) is 18.2 Å². The monoisotopic (exact) mass is 432 g/mol. The molecule has 7 heteroatoms. The van der Waals surface area contributed by atoms with Gasteiger partial charge in [0.2, 0.25) is 0 Å². The maximum absolute atomic E-state index is 12.9. The highest BCUT2D eigenvalue weighted by Gasteiger charge is 2.34. The summed E-state index contributed by atoms with van der Waals surface area (Å²) >= 11 is 1.06. The molecule has 3 aromatic rings.